The number of aryl methyl sites for hydroxylation is 1. The molecule has 0 heterocycles. The lowest BCUT2D eigenvalue weighted by atomic mass is 10.2. The van der Waals surface area contributed by atoms with Gasteiger partial charge in [-0.25, -0.2) is 0 Å². The third-order valence-corrected chi connectivity index (χ3v) is 2.83. The number of nitrogens with one attached hydrogen (secondary N) is 1. The standard InChI is InChI=1S/C15H25NO2/c1-3-14-6-8-15(9-7-14)18-12-5-4-10-16-11-13-17-2/h6-9,16H,3-5,10-13H2,1-2H3. The molecule has 0 radical (unpaired) electrons. The summed E-state index contributed by atoms with van der Waals surface area (Å²) in [6, 6.07) is 8.36. The predicted octanol–water partition coefficient (Wildman–Crippen LogP) is 2.64. The lowest BCUT2D eigenvalue weighted by molar-refractivity contribution is 0.199. The van der Waals surface area contributed by atoms with Crippen LogP contribution in [0.3, 0.4) is 0 Å². The van der Waals surface area contributed by atoms with Gasteiger partial charge in [-0.15, -0.1) is 0 Å². The van der Waals surface area contributed by atoms with E-state index in [2.05, 4.69) is 36.5 Å². The van der Waals surface area contributed by atoms with E-state index in [1.807, 2.05) is 0 Å². The van der Waals surface area contributed by atoms with Gasteiger partial charge in [-0.2, -0.15) is 0 Å². The minimum Gasteiger partial charge on any atom is -0.494 e. The molecule has 0 amide bonds. The Bertz CT molecular complexity index is 298. The van der Waals surface area contributed by atoms with Crippen LogP contribution in [0.5, 0.6) is 5.75 Å². The average Bonchev–Trinajstić information content (AvgIpc) is 2.42. The Labute approximate surface area is 110 Å². The van der Waals surface area contributed by atoms with Crippen LogP contribution in [0.1, 0.15) is 25.3 Å². The second-order valence-corrected chi connectivity index (χ2v) is 4.30. The molecule has 0 aromatic heterocycles. The quantitative estimate of drug-likeness (QED) is 0.648. The summed E-state index contributed by atoms with van der Waals surface area (Å²) in [4.78, 5) is 0. The molecular weight excluding hydrogens is 226 g/mol. The van der Waals surface area contributed by atoms with E-state index in [9.17, 15) is 0 Å². The maximum Gasteiger partial charge on any atom is 0.119 e. The van der Waals surface area contributed by atoms with Crippen molar-refractivity contribution >= 4 is 0 Å². The van der Waals surface area contributed by atoms with E-state index in [0.717, 1.165) is 51.3 Å². The minimum absolute atomic E-state index is 0.778. The van der Waals surface area contributed by atoms with Crippen molar-refractivity contribution in [3.8, 4) is 5.75 Å². The van der Waals surface area contributed by atoms with Crippen LogP contribution >= 0.6 is 0 Å². The fourth-order valence-electron chi connectivity index (χ4n) is 1.66. The van der Waals surface area contributed by atoms with Crippen LogP contribution in [0.25, 0.3) is 0 Å². The molecule has 0 aliphatic heterocycles. The Balaban J connectivity index is 2.00. The molecule has 0 unspecified atom stereocenters. The molecule has 0 bridgehead atoms. The van der Waals surface area contributed by atoms with Crippen LogP contribution in [-0.2, 0) is 11.2 Å². The third-order valence-electron chi connectivity index (χ3n) is 2.83. The molecule has 1 rings (SSSR count). The van der Waals surface area contributed by atoms with Gasteiger partial charge in [0.05, 0.1) is 13.2 Å². The van der Waals surface area contributed by atoms with E-state index in [1.54, 1.807) is 7.11 Å². The number of benzene rings is 1. The van der Waals surface area contributed by atoms with Gasteiger partial charge in [0.1, 0.15) is 5.75 Å². The zero-order chi connectivity index (χ0) is 13.1. The van der Waals surface area contributed by atoms with E-state index in [1.165, 1.54) is 5.56 Å². The largest absolute Gasteiger partial charge is 0.494 e. The van der Waals surface area contributed by atoms with Crippen molar-refractivity contribution < 1.29 is 9.47 Å². The number of hydrogen-bond donors (Lipinski definition) is 1. The molecule has 0 saturated heterocycles. The highest BCUT2D eigenvalue weighted by atomic mass is 16.5. The molecule has 1 N–H and O–H groups in total. The van der Waals surface area contributed by atoms with Crippen LogP contribution < -0.4 is 10.1 Å². The monoisotopic (exact) mass is 251 g/mol. The van der Waals surface area contributed by atoms with Gasteiger partial charge in [-0.05, 0) is 43.5 Å². The number of methoxy groups -OCH3 is 1. The predicted molar refractivity (Wildman–Crippen MR) is 75.3 cm³/mol. The third kappa shape index (κ3) is 6.62. The van der Waals surface area contributed by atoms with E-state index < -0.39 is 0 Å². The summed E-state index contributed by atoms with van der Waals surface area (Å²) in [5.41, 5.74) is 1.35. The van der Waals surface area contributed by atoms with Crippen molar-refractivity contribution in [2.45, 2.75) is 26.2 Å². The number of ether oxygens (including phenoxy) is 2. The van der Waals surface area contributed by atoms with Gasteiger partial charge in [0.2, 0.25) is 0 Å². The van der Waals surface area contributed by atoms with E-state index in [0.29, 0.717) is 0 Å². The van der Waals surface area contributed by atoms with E-state index in [-0.39, 0.29) is 0 Å². The van der Waals surface area contributed by atoms with Crippen LogP contribution in [0.15, 0.2) is 24.3 Å². The zero-order valence-electron chi connectivity index (χ0n) is 11.6. The molecule has 1 aromatic rings. The maximum atomic E-state index is 5.68. The summed E-state index contributed by atoms with van der Waals surface area (Å²) in [5.74, 6) is 0.972. The summed E-state index contributed by atoms with van der Waals surface area (Å²) in [5, 5.41) is 3.32. The van der Waals surface area contributed by atoms with Crippen molar-refractivity contribution in [1.82, 2.24) is 5.32 Å². The number of hydrogen-bond acceptors (Lipinski definition) is 3. The van der Waals surface area contributed by atoms with Gasteiger partial charge in [-0.1, -0.05) is 19.1 Å². The molecule has 0 aliphatic carbocycles. The molecule has 1 aromatic carbocycles. The average molecular weight is 251 g/mol. The normalized spacial score (nSPS) is 10.6. The Kier molecular flexibility index (Phi) is 8.26. The number of rotatable bonds is 10. The fourth-order valence-corrected chi connectivity index (χ4v) is 1.66. The van der Waals surface area contributed by atoms with Crippen LogP contribution in [0.4, 0.5) is 0 Å². The molecule has 0 aliphatic rings. The molecule has 0 atom stereocenters. The summed E-state index contributed by atoms with van der Waals surface area (Å²) in [7, 11) is 1.72. The highest BCUT2D eigenvalue weighted by Gasteiger charge is 1.94. The van der Waals surface area contributed by atoms with Gasteiger partial charge in [-0.3, -0.25) is 0 Å². The van der Waals surface area contributed by atoms with Crippen LogP contribution in [0.2, 0.25) is 0 Å². The van der Waals surface area contributed by atoms with E-state index in [4.69, 9.17) is 9.47 Å². The van der Waals surface area contributed by atoms with Gasteiger partial charge in [0.15, 0.2) is 0 Å². The first kappa shape index (κ1) is 15.0. The summed E-state index contributed by atoms with van der Waals surface area (Å²) < 4.78 is 10.6. The molecule has 0 saturated carbocycles. The van der Waals surface area contributed by atoms with Gasteiger partial charge in [0.25, 0.3) is 0 Å². The SMILES string of the molecule is CCc1ccc(OCCCCNCCOC)cc1. The molecule has 18 heavy (non-hydrogen) atoms. The maximum absolute atomic E-state index is 5.68. The lowest BCUT2D eigenvalue weighted by Gasteiger charge is -2.07. The van der Waals surface area contributed by atoms with Crippen LogP contribution in [0, 0.1) is 0 Å². The molecule has 3 heteroatoms. The Morgan fingerprint density at radius 1 is 1.00 bits per heavy atom. The molecule has 0 fully saturated rings. The smallest absolute Gasteiger partial charge is 0.119 e. The van der Waals surface area contributed by atoms with Crippen LogP contribution in [-0.4, -0.2) is 33.4 Å². The zero-order valence-corrected chi connectivity index (χ0v) is 11.6. The topological polar surface area (TPSA) is 30.5 Å². The highest BCUT2D eigenvalue weighted by molar-refractivity contribution is 5.27. The summed E-state index contributed by atoms with van der Waals surface area (Å²) >= 11 is 0. The summed E-state index contributed by atoms with van der Waals surface area (Å²) in [6.45, 7) is 5.68. The summed E-state index contributed by atoms with van der Waals surface area (Å²) in [6.07, 6.45) is 3.29. The van der Waals surface area contributed by atoms with E-state index >= 15 is 0 Å². The molecule has 3 nitrogen and oxygen atoms in total. The first-order valence-corrected chi connectivity index (χ1v) is 6.78. The van der Waals surface area contributed by atoms with Crippen molar-refractivity contribution in [2.75, 3.05) is 33.4 Å². The van der Waals surface area contributed by atoms with Crippen molar-refractivity contribution in [3.05, 3.63) is 29.8 Å². The van der Waals surface area contributed by atoms with Gasteiger partial charge < -0.3 is 14.8 Å². The van der Waals surface area contributed by atoms with Crippen molar-refractivity contribution in [2.24, 2.45) is 0 Å². The highest BCUT2D eigenvalue weighted by Crippen LogP contribution is 2.12. The number of unbranched alkanes of at least 4 members (excludes halogenated alkanes) is 1. The van der Waals surface area contributed by atoms with Gasteiger partial charge in [0, 0.05) is 13.7 Å². The minimum atomic E-state index is 0.778. The fraction of sp³-hybridized carbons (Fsp3) is 0.600. The lowest BCUT2D eigenvalue weighted by Crippen LogP contribution is -2.20. The second kappa shape index (κ2) is 9.92. The molecule has 0 spiro atoms. The molecular formula is C15H25NO2. The Morgan fingerprint density at radius 2 is 1.78 bits per heavy atom. The Morgan fingerprint density at radius 3 is 2.44 bits per heavy atom. The molecule has 102 valence electrons. The van der Waals surface area contributed by atoms with Crippen molar-refractivity contribution in [1.29, 1.82) is 0 Å². The Hall–Kier alpha value is -1.06. The first-order chi connectivity index (χ1) is 8.86. The second-order valence-electron chi connectivity index (χ2n) is 4.30. The first-order valence-electron chi connectivity index (χ1n) is 6.78. The van der Waals surface area contributed by atoms with Crippen molar-refractivity contribution in [3.63, 3.8) is 0 Å². The van der Waals surface area contributed by atoms with Gasteiger partial charge >= 0.3 is 0 Å².